The number of amides is 2. The molecule has 114 valence electrons. The van der Waals surface area contributed by atoms with E-state index >= 15 is 0 Å². The van der Waals surface area contributed by atoms with Gasteiger partial charge >= 0.3 is 6.09 Å². The van der Waals surface area contributed by atoms with E-state index in [1.165, 1.54) is 25.4 Å². The lowest BCUT2D eigenvalue weighted by Gasteiger charge is -2.17. The first-order chi connectivity index (χ1) is 10.0. The maximum Gasteiger partial charge on any atom is 0.407 e. The predicted octanol–water partition coefficient (Wildman–Crippen LogP) is 0.742. The lowest BCUT2D eigenvalue weighted by atomic mass is 10.4. The third-order valence-corrected chi connectivity index (χ3v) is 2.88. The van der Waals surface area contributed by atoms with E-state index in [9.17, 15) is 9.59 Å². The Bertz CT molecular complexity index is 506. The van der Waals surface area contributed by atoms with Gasteiger partial charge in [0.1, 0.15) is 10.3 Å². The number of carbonyl (C=O) groups is 2. The van der Waals surface area contributed by atoms with Crippen LogP contribution < -0.4 is 10.1 Å². The van der Waals surface area contributed by atoms with Gasteiger partial charge in [-0.25, -0.2) is 14.8 Å². The van der Waals surface area contributed by atoms with E-state index in [4.69, 9.17) is 9.84 Å². The van der Waals surface area contributed by atoms with Crippen LogP contribution in [0.15, 0.2) is 24.5 Å². The van der Waals surface area contributed by atoms with Gasteiger partial charge in [-0.15, -0.1) is 0 Å². The Balaban J connectivity index is 2.40. The summed E-state index contributed by atoms with van der Waals surface area (Å²) in [5, 5.41) is 11.4. The van der Waals surface area contributed by atoms with Crippen LogP contribution in [0.1, 0.15) is 0 Å². The van der Waals surface area contributed by atoms with Crippen molar-refractivity contribution in [2.45, 2.75) is 0 Å². The van der Waals surface area contributed by atoms with E-state index in [1.807, 2.05) is 22.6 Å². The molecule has 0 aliphatic rings. The summed E-state index contributed by atoms with van der Waals surface area (Å²) in [5.74, 6) is 0.0485. The standard InChI is InChI=1S/C12H15IN4O4/c1-14-10(18)3-2-4-17(12(19)20)5-6-21-11-8-15-9(13)7-16-11/h2-3,7-8H,4-6H2,1H3,(H,14,18)(H,19,20)/b3-2+. The van der Waals surface area contributed by atoms with Crippen LogP contribution in [0, 0.1) is 3.70 Å². The third-order valence-electron chi connectivity index (χ3n) is 2.32. The van der Waals surface area contributed by atoms with Crippen LogP contribution in [-0.4, -0.2) is 58.7 Å². The third kappa shape index (κ3) is 6.88. The molecule has 1 rings (SSSR count). The molecule has 1 aromatic rings. The number of likely N-dealkylation sites (N-methyl/N-ethyl adjacent to an activating group) is 1. The molecule has 0 aromatic carbocycles. The summed E-state index contributed by atoms with van der Waals surface area (Å²) in [7, 11) is 1.50. The molecule has 0 saturated carbocycles. The van der Waals surface area contributed by atoms with Gasteiger partial charge in [0.15, 0.2) is 0 Å². The molecule has 2 amide bonds. The monoisotopic (exact) mass is 406 g/mol. The minimum absolute atomic E-state index is 0.102. The van der Waals surface area contributed by atoms with Crippen molar-refractivity contribution in [2.75, 3.05) is 26.7 Å². The van der Waals surface area contributed by atoms with E-state index in [1.54, 1.807) is 6.20 Å². The van der Waals surface area contributed by atoms with Gasteiger partial charge in [-0.1, -0.05) is 6.08 Å². The molecule has 8 nitrogen and oxygen atoms in total. The van der Waals surface area contributed by atoms with Crippen molar-refractivity contribution < 1.29 is 19.4 Å². The van der Waals surface area contributed by atoms with Crippen LogP contribution >= 0.6 is 22.6 Å². The SMILES string of the molecule is CNC(=O)/C=C/CN(CCOc1cnc(I)cn1)C(=O)O. The molecule has 2 N–H and O–H groups in total. The highest BCUT2D eigenvalue weighted by molar-refractivity contribution is 14.1. The van der Waals surface area contributed by atoms with Crippen LogP contribution in [0.5, 0.6) is 5.88 Å². The van der Waals surface area contributed by atoms with Gasteiger partial charge in [-0.3, -0.25) is 4.79 Å². The summed E-state index contributed by atoms with van der Waals surface area (Å²) in [4.78, 5) is 31.1. The minimum atomic E-state index is -1.09. The topological polar surface area (TPSA) is 105 Å². The van der Waals surface area contributed by atoms with E-state index in [2.05, 4.69) is 15.3 Å². The number of hydrogen-bond donors (Lipinski definition) is 2. The normalized spacial score (nSPS) is 10.4. The number of hydrogen-bond acceptors (Lipinski definition) is 5. The van der Waals surface area contributed by atoms with Crippen LogP contribution in [-0.2, 0) is 4.79 Å². The second-order valence-electron chi connectivity index (χ2n) is 3.77. The van der Waals surface area contributed by atoms with Gasteiger partial charge in [-0.2, -0.15) is 0 Å². The molecule has 0 bridgehead atoms. The van der Waals surface area contributed by atoms with Crippen LogP contribution in [0.25, 0.3) is 0 Å². The number of halogens is 1. The Labute approximate surface area is 135 Å². The number of carboxylic acid groups (broad SMARTS) is 1. The summed E-state index contributed by atoms with van der Waals surface area (Å²) >= 11 is 2.02. The zero-order valence-electron chi connectivity index (χ0n) is 11.3. The van der Waals surface area contributed by atoms with Crippen molar-refractivity contribution in [3.63, 3.8) is 0 Å². The molecule has 9 heteroatoms. The molecule has 0 spiro atoms. The minimum Gasteiger partial charge on any atom is -0.475 e. The average Bonchev–Trinajstić information content (AvgIpc) is 2.47. The lowest BCUT2D eigenvalue weighted by Crippen LogP contribution is -2.33. The summed E-state index contributed by atoms with van der Waals surface area (Å²) in [6.07, 6.45) is 4.68. The van der Waals surface area contributed by atoms with Crippen molar-refractivity contribution in [2.24, 2.45) is 0 Å². The highest BCUT2D eigenvalue weighted by Gasteiger charge is 2.10. The fourth-order valence-corrected chi connectivity index (χ4v) is 1.55. The number of aromatic nitrogens is 2. The zero-order chi connectivity index (χ0) is 15.7. The predicted molar refractivity (Wildman–Crippen MR) is 83.0 cm³/mol. The molecule has 0 fully saturated rings. The van der Waals surface area contributed by atoms with Crippen molar-refractivity contribution in [3.05, 3.63) is 28.2 Å². The van der Waals surface area contributed by atoms with Crippen molar-refractivity contribution in [1.29, 1.82) is 0 Å². The molecule has 21 heavy (non-hydrogen) atoms. The fourth-order valence-electron chi connectivity index (χ4n) is 1.27. The van der Waals surface area contributed by atoms with E-state index < -0.39 is 6.09 Å². The summed E-state index contributed by atoms with van der Waals surface area (Å²) < 4.78 is 6.05. The van der Waals surface area contributed by atoms with Crippen LogP contribution in [0.3, 0.4) is 0 Å². The first kappa shape index (κ1) is 17.1. The van der Waals surface area contributed by atoms with Crippen molar-refractivity contribution in [1.82, 2.24) is 20.2 Å². The van der Waals surface area contributed by atoms with Gasteiger partial charge in [-0.05, 0) is 22.6 Å². The molecule has 0 aliphatic heterocycles. The Morgan fingerprint density at radius 1 is 1.48 bits per heavy atom. The van der Waals surface area contributed by atoms with Crippen molar-refractivity contribution >= 4 is 34.6 Å². The van der Waals surface area contributed by atoms with Gasteiger partial charge in [0.05, 0.1) is 18.9 Å². The summed E-state index contributed by atoms with van der Waals surface area (Å²) in [5.41, 5.74) is 0. The van der Waals surface area contributed by atoms with Crippen LogP contribution in [0.4, 0.5) is 4.79 Å². The Morgan fingerprint density at radius 3 is 2.81 bits per heavy atom. The second kappa shape index (κ2) is 9.10. The number of nitrogens with one attached hydrogen (secondary N) is 1. The van der Waals surface area contributed by atoms with Gasteiger partial charge in [0, 0.05) is 19.7 Å². The fraction of sp³-hybridized carbons (Fsp3) is 0.333. The second-order valence-corrected chi connectivity index (χ2v) is 4.88. The Morgan fingerprint density at radius 2 is 2.24 bits per heavy atom. The largest absolute Gasteiger partial charge is 0.475 e. The molecule has 1 aromatic heterocycles. The average molecular weight is 406 g/mol. The molecule has 0 radical (unpaired) electrons. The number of carbonyl (C=O) groups excluding carboxylic acids is 1. The first-order valence-corrected chi connectivity index (χ1v) is 7.07. The number of rotatable bonds is 7. The Kier molecular flexibility index (Phi) is 7.43. The lowest BCUT2D eigenvalue weighted by molar-refractivity contribution is -0.116. The molecule has 0 atom stereocenters. The van der Waals surface area contributed by atoms with E-state index in [0.29, 0.717) is 5.88 Å². The van der Waals surface area contributed by atoms with E-state index in [-0.39, 0.29) is 25.6 Å². The molecule has 0 saturated heterocycles. The molecular formula is C12H15IN4O4. The van der Waals surface area contributed by atoms with Gasteiger partial charge in [0.25, 0.3) is 0 Å². The van der Waals surface area contributed by atoms with Crippen LogP contribution in [0.2, 0.25) is 0 Å². The van der Waals surface area contributed by atoms with Gasteiger partial charge in [0.2, 0.25) is 11.8 Å². The van der Waals surface area contributed by atoms with Crippen molar-refractivity contribution in [3.8, 4) is 5.88 Å². The highest BCUT2D eigenvalue weighted by Crippen LogP contribution is 2.05. The summed E-state index contributed by atoms with van der Waals surface area (Å²) in [6, 6.07) is 0. The quantitative estimate of drug-likeness (QED) is 0.512. The highest BCUT2D eigenvalue weighted by atomic mass is 127. The summed E-state index contributed by atoms with van der Waals surface area (Å²) in [6.45, 7) is 0.404. The number of ether oxygens (including phenoxy) is 1. The number of nitrogens with zero attached hydrogens (tertiary/aromatic N) is 3. The Hall–Kier alpha value is -1.91. The molecular weight excluding hydrogens is 391 g/mol. The molecule has 1 heterocycles. The maximum absolute atomic E-state index is 11.0. The zero-order valence-corrected chi connectivity index (χ0v) is 13.5. The molecule has 0 aliphatic carbocycles. The smallest absolute Gasteiger partial charge is 0.407 e. The van der Waals surface area contributed by atoms with E-state index in [0.717, 1.165) is 8.60 Å². The first-order valence-electron chi connectivity index (χ1n) is 5.99. The maximum atomic E-state index is 11.0. The van der Waals surface area contributed by atoms with Gasteiger partial charge < -0.3 is 20.1 Å². The molecule has 0 unspecified atom stereocenters.